The van der Waals surface area contributed by atoms with Crippen molar-refractivity contribution in [3.63, 3.8) is 0 Å². The Morgan fingerprint density at radius 2 is 1.31 bits per heavy atom. The van der Waals surface area contributed by atoms with Crippen molar-refractivity contribution >= 4 is 56.1 Å². The Hall–Kier alpha value is -3.33. The van der Waals surface area contributed by atoms with Crippen molar-refractivity contribution in [1.29, 1.82) is 0 Å². The van der Waals surface area contributed by atoms with Gasteiger partial charge in [0.1, 0.15) is 11.5 Å². The molecule has 0 radical (unpaired) electrons. The average Bonchev–Trinajstić information content (AvgIpc) is 2.91. The molecule has 6 nitrogen and oxygen atoms in total. The van der Waals surface area contributed by atoms with Crippen LogP contribution in [0.15, 0.2) is 72.8 Å². The van der Waals surface area contributed by atoms with E-state index in [0.29, 0.717) is 5.56 Å². The van der Waals surface area contributed by atoms with Crippen LogP contribution in [0.3, 0.4) is 0 Å². The highest BCUT2D eigenvalue weighted by Gasteiger charge is 2.16. The SMILES string of the molecule is CI.C[C@H](C(=O)O)c1ccc2cc(O)ccc2c1.[2H]C([2H])([2H])OC(=O)[C@@H](C)c1ccc2cc(OC)ccc2c1. The number of carboxylic acid groups (broad SMARTS) is 1. The minimum absolute atomic E-state index is 0.214. The fourth-order valence-electron chi connectivity index (χ4n) is 3.53. The number of phenolic OH excluding ortho intramolecular Hbond substituents is 1. The number of fused-ring (bicyclic) bond motifs is 2. The molecule has 0 unspecified atom stereocenters. The second-order valence-electron chi connectivity index (χ2n) is 7.97. The second-order valence-corrected chi connectivity index (χ2v) is 7.97. The smallest absolute Gasteiger partial charge is 0.312 e. The molecule has 0 bridgehead atoms. The van der Waals surface area contributed by atoms with Crippen molar-refractivity contribution in [2.75, 3.05) is 19.1 Å². The zero-order chi connectivity index (χ0) is 29.3. The number of aliphatic carboxylic acids is 1. The van der Waals surface area contributed by atoms with Crippen molar-refractivity contribution in [3.05, 3.63) is 83.9 Å². The van der Waals surface area contributed by atoms with E-state index >= 15 is 0 Å². The summed E-state index contributed by atoms with van der Waals surface area (Å²) in [7, 11) is -1.11. The number of carbonyl (C=O) groups excluding carboxylic acids is 1. The van der Waals surface area contributed by atoms with Crippen LogP contribution in [0.2, 0.25) is 0 Å². The lowest BCUT2D eigenvalue weighted by Crippen LogP contribution is -2.10. The summed E-state index contributed by atoms with van der Waals surface area (Å²) in [5, 5.41) is 22.0. The van der Waals surface area contributed by atoms with Gasteiger partial charge in [-0.25, -0.2) is 0 Å². The van der Waals surface area contributed by atoms with Gasteiger partial charge in [0, 0.05) is 0 Å². The van der Waals surface area contributed by atoms with E-state index in [0.717, 1.165) is 32.9 Å². The van der Waals surface area contributed by atoms with E-state index in [2.05, 4.69) is 27.3 Å². The molecule has 0 saturated heterocycles. The first-order valence-electron chi connectivity index (χ1n) is 12.5. The maximum Gasteiger partial charge on any atom is 0.312 e. The average molecular weight is 605 g/mol. The number of esters is 1. The number of halogens is 1. The third-order valence-corrected chi connectivity index (χ3v) is 5.74. The number of hydrogen-bond acceptors (Lipinski definition) is 5. The molecule has 0 spiro atoms. The van der Waals surface area contributed by atoms with Gasteiger partial charge in [-0.15, -0.1) is 0 Å². The summed E-state index contributed by atoms with van der Waals surface area (Å²) in [5.74, 6) is -1.78. The molecule has 0 aliphatic rings. The molecule has 36 heavy (non-hydrogen) atoms. The van der Waals surface area contributed by atoms with Gasteiger partial charge >= 0.3 is 11.9 Å². The topological polar surface area (TPSA) is 93.1 Å². The number of carbonyl (C=O) groups is 2. The predicted molar refractivity (Wildman–Crippen MR) is 153 cm³/mol. The second kappa shape index (κ2) is 13.7. The molecular formula is C29H31IO6. The third kappa shape index (κ3) is 7.34. The van der Waals surface area contributed by atoms with Crippen LogP contribution in [0.5, 0.6) is 11.5 Å². The molecule has 2 atom stereocenters. The molecule has 0 saturated carbocycles. The summed E-state index contributed by atoms with van der Waals surface area (Å²) in [4.78, 5) is 24.6. The highest BCUT2D eigenvalue weighted by Crippen LogP contribution is 2.26. The number of carboxylic acids is 1. The molecule has 4 aromatic carbocycles. The minimum Gasteiger partial charge on any atom is -0.508 e. The molecule has 0 aliphatic heterocycles. The van der Waals surface area contributed by atoms with Crippen molar-refractivity contribution in [2.45, 2.75) is 25.7 Å². The molecule has 0 fully saturated rings. The van der Waals surface area contributed by atoms with E-state index in [1.165, 1.54) is 0 Å². The fourth-order valence-corrected chi connectivity index (χ4v) is 3.53. The molecule has 0 aromatic heterocycles. The van der Waals surface area contributed by atoms with Gasteiger partial charge in [0.25, 0.3) is 0 Å². The molecule has 0 amide bonds. The van der Waals surface area contributed by atoms with Crippen LogP contribution in [0.4, 0.5) is 0 Å². The maximum absolute atomic E-state index is 11.8. The van der Waals surface area contributed by atoms with Gasteiger partial charge < -0.3 is 19.7 Å². The van der Waals surface area contributed by atoms with Crippen molar-refractivity contribution in [1.82, 2.24) is 0 Å². The first-order valence-corrected chi connectivity index (χ1v) is 13.2. The summed E-state index contributed by atoms with van der Waals surface area (Å²) in [6, 6.07) is 21.6. The van der Waals surface area contributed by atoms with Crippen LogP contribution in [-0.2, 0) is 14.3 Å². The van der Waals surface area contributed by atoms with Crippen LogP contribution in [-0.4, -0.2) is 41.2 Å². The van der Waals surface area contributed by atoms with Gasteiger partial charge in [0.05, 0.1) is 30.1 Å². The van der Waals surface area contributed by atoms with Crippen molar-refractivity contribution < 1.29 is 33.4 Å². The van der Waals surface area contributed by atoms with Crippen LogP contribution in [0.1, 0.15) is 40.9 Å². The lowest BCUT2D eigenvalue weighted by molar-refractivity contribution is -0.142. The molecule has 2 N–H and O–H groups in total. The van der Waals surface area contributed by atoms with Crippen molar-refractivity contribution in [2.24, 2.45) is 0 Å². The van der Waals surface area contributed by atoms with E-state index in [-0.39, 0.29) is 5.75 Å². The number of phenols is 1. The Balaban J connectivity index is 0.000000265. The predicted octanol–water partition coefficient (Wildman–Crippen LogP) is 6.91. The normalized spacial score (nSPS) is 13.4. The first-order chi connectivity index (χ1) is 18.4. The zero-order valence-corrected chi connectivity index (χ0v) is 22.6. The Labute approximate surface area is 229 Å². The summed E-state index contributed by atoms with van der Waals surface area (Å²) in [5.41, 5.74) is 1.48. The lowest BCUT2D eigenvalue weighted by Gasteiger charge is -2.10. The van der Waals surface area contributed by atoms with E-state index in [1.54, 1.807) is 51.3 Å². The minimum atomic E-state index is -2.71. The molecule has 7 heteroatoms. The molecule has 0 aliphatic carbocycles. The number of hydrogen-bond donors (Lipinski definition) is 2. The van der Waals surface area contributed by atoms with Crippen LogP contribution < -0.4 is 4.74 Å². The molecule has 0 heterocycles. The van der Waals surface area contributed by atoms with Gasteiger partial charge in [-0.05, 0) is 75.7 Å². The summed E-state index contributed by atoms with van der Waals surface area (Å²) in [6.45, 7) is 3.28. The van der Waals surface area contributed by atoms with Crippen LogP contribution >= 0.6 is 22.6 Å². The summed E-state index contributed by atoms with van der Waals surface area (Å²) >= 11 is 2.15. The highest BCUT2D eigenvalue weighted by atomic mass is 127. The van der Waals surface area contributed by atoms with E-state index < -0.39 is 30.8 Å². The Morgan fingerprint density at radius 3 is 1.86 bits per heavy atom. The number of ether oxygens (including phenoxy) is 2. The lowest BCUT2D eigenvalue weighted by atomic mass is 9.98. The number of benzene rings is 4. The van der Waals surface area contributed by atoms with E-state index in [1.807, 2.05) is 47.4 Å². The van der Waals surface area contributed by atoms with E-state index in [4.69, 9.17) is 14.0 Å². The molecule has 4 rings (SSSR count). The number of rotatable bonds is 5. The van der Waals surface area contributed by atoms with Gasteiger partial charge in [0.2, 0.25) is 0 Å². The van der Waals surface area contributed by atoms with Gasteiger partial charge in [-0.2, -0.15) is 0 Å². The fraction of sp³-hybridized carbons (Fsp3) is 0.241. The molecule has 190 valence electrons. The Bertz CT molecular complexity index is 1440. The summed E-state index contributed by atoms with van der Waals surface area (Å²) in [6.07, 6.45) is 0. The molecule has 4 aromatic rings. The number of methoxy groups -OCH3 is 2. The molecular weight excluding hydrogens is 571 g/mol. The first kappa shape index (κ1) is 24.4. The van der Waals surface area contributed by atoms with Crippen molar-refractivity contribution in [3.8, 4) is 11.5 Å². The van der Waals surface area contributed by atoms with E-state index in [9.17, 15) is 14.7 Å². The monoisotopic (exact) mass is 605 g/mol. The largest absolute Gasteiger partial charge is 0.508 e. The zero-order valence-electron chi connectivity index (χ0n) is 23.5. The van der Waals surface area contributed by atoms with Gasteiger partial charge in [0.15, 0.2) is 0 Å². The van der Waals surface area contributed by atoms with Crippen LogP contribution in [0.25, 0.3) is 21.5 Å². The highest BCUT2D eigenvalue weighted by molar-refractivity contribution is 14.1. The maximum atomic E-state index is 11.8. The Morgan fingerprint density at radius 1 is 0.806 bits per heavy atom. The number of aromatic hydroxyl groups is 1. The van der Waals surface area contributed by atoms with Crippen LogP contribution in [0, 0.1) is 0 Å². The quantitative estimate of drug-likeness (QED) is 0.146. The van der Waals surface area contributed by atoms with Gasteiger partial charge in [-0.3, -0.25) is 9.59 Å². The third-order valence-electron chi connectivity index (χ3n) is 5.74. The van der Waals surface area contributed by atoms with Gasteiger partial charge in [-0.1, -0.05) is 71.1 Å². The standard InChI is InChI=1S/C15H16O3.C13H12O3.CH3I/c1-10(15(16)18-3)11-4-5-13-9-14(17-2)7-6-12(13)8-11;1-8(13(15)16)9-2-3-11-7-12(14)5-4-10(11)6-9;1-2/h4-10H,1-3H3;2-8,14H,1H3,(H,15,16);1H3/t10-;8-;/m00./s1/i3D3;;. The Kier molecular flexibility index (Phi) is 9.26. The summed E-state index contributed by atoms with van der Waals surface area (Å²) < 4.78 is 30.5. The number of alkyl halides is 1.